The van der Waals surface area contributed by atoms with Crippen LogP contribution in [0.2, 0.25) is 0 Å². The zero-order valence-corrected chi connectivity index (χ0v) is 12.2. The minimum atomic E-state index is -0.349. The van der Waals surface area contributed by atoms with Gasteiger partial charge < -0.3 is 15.5 Å². The van der Waals surface area contributed by atoms with Crippen LogP contribution in [0.1, 0.15) is 13.8 Å². The Balaban J connectivity index is 2.32. The molecule has 106 valence electrons. The van der Waals surface area contributed by atoms with E-state index in [1.54, 1.807) is 0 Å². The largest absolute Gasteiger partial charge is 0.339 e. The second-order valence-corrected chi connectivity index (χ2v) is 5.74. The summed E-state index contributed by atoms with van der Waals surface area (Å²) in [6.07, 6.45) is 0. The molecule has 5 heteroatoms. The zero-order valence-electron chi connectivity index (χ0n) is 12.2. The van der Waals surface area contributed by atoms with E-state index in [4.69, 9.17) is 5.73 Å². The summed E-state index contributed by atoms with van der Waals surface area (Å²) >= 11 is 0. The molecule has 5 nitrogen and oxygen atoms in total. The van der Waals surface area contributed by atoms with Crippen LogP contribution in [0.5, 0.6) is 0 Å². The van der Waals surface area contributed by atoms with E-state index in [0.717, 1.165) is 39.3 Å². The number of hydrogen-bond acceptors (Lipinski definition) is 4. The van der Waals surface area contributed by atoms with Crippen LogP contribution in [-0.2, 0) is 4.79 Å². The van der Waals surface area contributed by atoms with Gasteiger partial charge in [-0.05, 0) is 20.0 Å². The van der Waals surface area contributed by atoms with E-state index in [1.807, 2.05) is 18.7 Å². The maximum Gasteiger partial charge on any atom is 0.239 e. The summed E-state index contributed by atoms with van der Waals surface area (Å²) in [6, 6.07) is -0.349. The topological polar surface area (TPSA) is 52.8 Å². The third kappa shape index (κ3) is 4.55. The SMILES string of the molecule is CC(C)C(N)C(=O)N1CCN(CCN(C)C)CC1. The molecule has 0 bridgehead atoms. The number of nitrogens with zero attached hydrogens (tertiary/aromatic N) is 3. The van der Waals surface area contributed by atoms with E-state index in [-0.39, 0.29) is 17.9 Å². The van der Waals surface area contributed by atoms with Gasteiger partial charge >= 0.3 is 0 Å². The molecule has 0 radical (unpaired) electrons. The molecule has 0 aliphatic carbocycles. The van der Waals surface area contributed by atoms with Crippen molar-refractivity contribution in [2.24, 2.45) is 11.7 Å². The Morgan fingerprint density at radius 3 is 2.22 bits per heavy atom. The van der Waals surface area contributed by atoms with Crippen molar-refractivity contribution in [3.8, 4) is 0 Å². The Kier molecular flexibility index (Phi) is 6.05. The van der Waals surface area contributed by atoms with Crippen molar-refractivity contribution in [1.29, 1.82) is 0 Å². The standard InChI is InChI=1S/C13H28N4O/c1-11(2)12(14)13(18)17-9-7-16(8-10-17)6-5-15(3)4/h11-12H,5-10,14H2,1-4H3. The van der Waals surface area contributed by atoms with Gasteiger partial charge in [-0.2, -0.15) is 0 Å². The molecule has 1 aliphatic rings. The fourth-order valence-electron chi connectivity index (χ4n) is 2.03. The highest BCUT2D eigenvalue weighted by Crippen LogP contribution is 2.07. The number of piperazine rings is 1. The van der Waals surface area contributed by atoms with Gasteiger partial charge in [-0.25, -0.2) is 0 Å². The van der Waals surface area contributed by atoms with E-state index in [0.29, 0.717) is 0 Å². The van der Waals surface area contributed by atoms with Gasteiger partial charge in [0.25, 0.3) is 0 Å². The van der Waals surface area contributed by atoms with Gasteiger partial charge in [0.2, 0.25) is 5.91 Å². The van der Waals surface area contributed by atoms with E-state index >= 15 is 0 Å². The first-order valence-corrected chi connectivity index (χ1v) is 6.83. The fraction of sp³-hybridized carbons (Fsp3) is 0.923. The lowest BCUT2D eigenvalue weighted by Crippen LogP contribution is -2.54. The van der Waals surface area contributed by atoms with Crippen molar-refractivity contribution in [1.82, 2.24) is 14.7 Å². The Hall–Kier alpha value is -0.650. The van der Waals surface area contributed by atoms with Crippen LogP contribution in [0, 0.1) is 5.92 Å². The number of hydrogen-bond donors (Lipinski definition) is 1. The first-order valence-electron chi connectivity index (χ1n) is 6.83. The van der Waals surface area contributed by atoms with Gasteiger partial charge in [0.05, 0.1) is 6.04 Å². The molecule has 1 atom stereocenters. The molecule has 0 spiro atoms. The van der Waals surface area contributed by atoms with Crippen LogP contribution < -0.4 is 5.73 Å². The highest BCUT2D eigenvalue weighted by Gasteiger charge is 2.26. The van der Waals surface area contributed by atoms with E-state index in [2.05, 4.69) is 23.9 Å². The minimum Gasteiger partial charge on any atom is -0.339 e. The zero-order chi connectivity index (χ0) is 13.7. The second kappa shape index (κ2) is 7.07. The molecule has 1 fully saturated rings. The maximum atomic E-state index is 12.1. The van der Waals surface area contributed by atoms with Crippen molar-refractivity contribution >= 4 is 5.91 Å². The molecule has 0 aromatic carbocycles. The summed E-state index contributed by atoms with van der Waals surface area (Å²) in [4.78, 5) is 18.6. The number of carbonyl (C=O) groups excluding carboxylic acids is 1. The number of likely N-dealkylation sites (N-methyl/N-ethyl adjacent to an activating group) is 1. The van der Waals surface area contributed by atoms with Crippen molar-refractivity contribution in [2.75, 3.05) is 53.4 Å². The summed E-state index contributed by atoms with van der Waals surface area (Å²) in [5, 5.41) is 0. The first kappa shape index (κ1) is 15.4. The molecular formula is C13H28N4O. The quantitative estimate of drug-likeness (QED) is 0.732. The van der Waals surface area contributed by atoms with Crippen LogP contribution in [0.3, 0.4) is 0 Å². The predicted molar refractivity (Wildman–Crippen MR) is 74.4 cm³/mol. The Morgan fingerprint density at radius 1 is 1.22 bits per heavy atom. The Morgan fingerprint density at radius 2 is 1.78 bits per heavy atom. The monoisotopic (exact) mass is 256 g/mol. The number of rotatable bonds is 5. The lowest BCUT2D eigenvalue weighted by molar-refractivity contribution is -0.135. The number of nitrogens with two attached hydrogens (primary N) is 1. The summed E-state index contributed by atoms with van der Waals surface area (Å²) in [7, 11) is 4.17. The predicted octanol–water partition coefficient (Wildman–Crippen LogP) is -0.324. The van der Waals surface area contributed by atoms with E-state index in [9.17, 15) is 4.79 Å². The minimum absolute atomic E-state index is 0.109. The van der Waals surface area contributed by atoms with Crippen molar-refractivity contribution in [3.63, 3.8) is 0 Å². The molecule has 1 rings (SSSR count). The Bertz CT molecular complexity index is 260. The second-order valence-electron chi connectivity index (χ2n) is 5.74. The van der Waals surface area contributed by atoms with Gasteiger partial charge in [-0.1, -0.05) is 13.8 Å². The van der Waals surface area contributed by atoms with Crippen molar-refractivity contribution < 1.29 is 4.79 Å². The molecule has 1 amide bonds. The van der Waals surface area contributed by atoms with Gasteiger partial charge in [0.1, 0.15) is 0 Å². The lowest BCUT2D eigenvalue weighted by Gasteiger charge is -2.36. The summed E-state index contributed by atoms with van der Waals surface area (Å²) in [6.45, 7) is 9.69. The molecule has 1 heterocycles. The number of amides is 1. The molecule has 1 saturated heterocycles. The first-order chi connectivity index (χ1) is 8.41. The normalized spacial score (nSPS) is 19.6. The average Bonchev–Trinajstić information content (AvgIpc) is 2.35. The van der Waals surface area contributed by atoms with E-state index < -0.39 is 0 Å². The molecule has 0 aromatic heterocycles. The highest BCUT2D eigenvalue weighted by molar-refractivity contribution is 5.82. The molecule has 0 saturated carbocycles. The molecule has 0 aromatic rings. The van der Waals surface area contributed by atoms with E-state index in [1.165, 1.54) is 0 Å². The summed E-state index contributed by atoms with van der Waals surface area (Å²) in [5.41, 5.74) is 5.91. The molecular weight excluding hydrogens is 228 g/mol. The van der Waals surface area contributed by atoms with Crippen molar-refractivity contribution in [3.05, 3.63) is 0 Å². The van der Waals surface area contributed by atoms with Gasteiger partial charge in [-0.3, -0.25) is 9.69 Å². The average molecular weight is 256 g/mol. The van der Waals surface area contributed by atoms with Gasteiger partial charge in [-0.15, -0.1) is 0 Å². The molecule has 1 aliphatic heterocycles. The molecule has 1 unspecified atom stereocenters. The van der Waals surface area contributed by atoms with Crippen LogP contribution in [-0.4, -0.2) is 80.0 Å². The number of carbonyl (C=O) groups is 1. The van der Waals surface area contributed by atoms with Gasteiger partial charge in [0.15, 0.2) is 0 Å². The lowest BCUT2D eigenvalue weighted by atomic mass is 10.0. The fourth-order valence-corrected chi connectivity index (χ4v) is 2.03. The molecule has 18 heavy (non-hydrogen) atoms. The summed E-state index contributed by atoms with van der Waals surface area (Å²) in [5.74, 6) is 0.321. The summed E-state index contributed by atoms with van der Waals surface area (Å²) < 4.78 is 0. The Labute approximate surface area is 111 Å². The van der Waals surface area contributed by atoms with Crippen LogP contribution in [0.25, 0.3) is 0 Å². The van der Waals surface area contributed by atoms with Gasteiger partial charge in [0, 0.05) is 39.3 Å². The molecule has 2 N–H and O–H groups in total. The van der Waals surface area contributed by atoms with Crippen molar-refractivity contribution in [2.45, 2.75) is 19.9 Å². The van der Waals surface area contributed by atoms with Crippen LogP contribution in [0.15, 0.2) is 0 Å². The third-order valence-electron chi connectivity index (χ3n) is 3.55. The maximum absolute atomic E-state index is 12.1. The third-order valence-corrected chi connectivity index (χ3v) is 3.55. The van der Waals surface area contributed by atoms with Crippen LogP contribution in [0.4, 0.5) is 0 Å². The highest BCUT2D eigenvalue weighted by atomic mass is 16.2. The smallest absolute Gasteiger partial charge is 0.239 e. The van der Waals surface area contributed by atoms with Crippen LogP contribution >= 0.6 is 0 Å².